The number of ether oxygens (including phenoxy) is 1. The molecule has 0 saturated carbocycles. The number of nitrogens with one attached hydrogen (secondary N) is 1. The Balaban J connectivity index is 2.57. The highest BCUT2D eigenvalue weighted by molar-refractivity contribution is 6.30. The van der Waals surface area contributed by atoms with Gasteiger partial charge in [-0.3, -0.25) is 4.79 Å². The van der Waals surface area contributed by atoms with Crippen molar-refractivity contribution in [2.24, 2.45) is 5.41 Å². The SMILES string of the molecule is Cc1cc(Cl)ccc1OCC(=O)NC(CCO)C(C)(C)C. The van der Waals surface area contributed by atoms with Gasteiger partial charge in [-0.05, 0) is 42.5 Å². The Bertz CT molecular complexity index is 483. The lowest BCUT2D eigenvalue weighted by atomic mass is 9.85. The molecule has 0 heterocycles. The Morgan fingerprint density at radius 3 is 2.62 bits per heavy atom. The van der Waals surface area contributed by atoms with Crippen LogP contribution < -0.4 is 10.1 Å². The maximum atomic E-state index is 12.0. The predicted molar refractivity (Wildman–Crippen MR) is 84.8 cm³/mol. The number of rotatable bonds is 6. The fourth-order valence-corrected chi connectivity index (χ4v) is 2.23. The Kier molecular flexibility index (Phi) is 6.49. The van der Waals surface area contributed by atoms with Crippen molar-refractivity contribution < 1.29 is 14.6 Å². The highest BCUT2D eigenvalue weighted by atomic mass is 35.5. The third kappa shape index (κ3) is 5.94. The molecule has 4 nitrogen and oxygen atoms in total. The first-order valence-corrected chi connectivity index (χ1v) is 7.41. The van der Waals surface area contributed by atoms with E-state index in [4.69, 9.17) is 21.4 Å². The first-order valence-electron chi connectivity index (χ1n) is 7.03. The smallest absolute Gasteiger partial charge is 0.258 e. The van der Waals surface area contributed by atoms with Crippen molar-refractivity contribution in [3.63, 3.8) is 0 Å². The molecule has 0 aliphatic rings. The van der Waals surface area contributed by atoms with Gasteiger partial charge < -0.3 is 15.2 Å². The normalized spacial score (nSPS) is 12.9. The molecule has 0 bridgehead atoms. The molecule has 0 aliphatic heterocycles. The first-order chi connectivity index (χ1) is 9.74. The van der Waals surface area contributed by atoms with Gasteiger partial charge in [0.05, 0.1) is 0 Å². The molecular weight excluding hydrogens is 290 g/mol. The molecule has 0 saturated heterocycles. The predicted octanol–water partition coefficient (Wildman–Crippen LogP) is 2.94. The molecule has 118 valence electrons. The lowest BCUT2D eigenvalue weighted by Gasteiger charge is -2.31. The van der Waals surface area contributed by atoms with Crippen LogP contribution >= 0.6 is 11.6 Å². The highest BCUT2D eigenvalue weighted by Gasteiger charge is 2.25. The lowest BCUT2D eigenvalue weighted by molar-refractivity contribution is -0.124. The second-order valence-electron chi connectivity index (χ2n) is 6.20. The second kappa shape index (κ2) is 7.66. The molecule has 1 aromatic rings. The van der Waals surface area contributed by atoms with Crippen molar-refractivity contribution in [2.45, 2.75) is 40.2 Å². The number of aliphatic hydroxyl groups is 1. The molecule has 5 heteroatoms. The van der Waals surface area contributed by atoms with Crippen LogP contribution in [0.1, 0.15) is 32.8 Å². The lowest BCUT2D eigenvalue weighted by Crippen LogP contribution is -2.46. The summed E-state index contributed by atoms with van der Waals surface area (Å²) in [5, 5.41) is 12.6. The van der Waals surface area contributed by atoms with Crippen molar-refractivity contribution in [1.29, 1.82) is 0 Å². The average Bonchev–Trinajstić information content (AvgIpc) is 2.36. The third-order valence-corrected chi connectivity index (χ3v) is 3.53. The number of hydrogen-bond donors (Lipinski definition) is 2. The molecule has 0 aliphatic carbocycles. The van der Waals surface area contributed by atoms with E-state index in [-0.39, 0.29) is 30.6 Å². The molecule has 1 rings (SSSR count). The minimum absolute atomic E-state index is 0.0410. The molecule has 1 amide bonds. The number of halogens is 1. The first kappa shape index (κ1) is 17.8. The number of carbonyl (C=O) groups excluding carboxylic acids is 1. The molecule has 1 unspecified atom stereocenters. The number of benzene rings is 1. The highest BCUT2D eigenvalue weighted by Crippen LogP contribution is 2.23. The monoisotopic (exact) mass is 313 g/mol. The summed E-state index contributed by atoms with van der Waals surface area (Å²) in [6.45, 7) is 7.94. The van der Waals surface area contributed by atoms with Crippen LogP contribution in [0.5, 0.6) is 5.75 Å². The largest absolute Gasteiger partial charge is 0.484 e. The van der Waals surface area contributed by atoms with E-state index in [2.05, 4.69) is 5.32 Å². The molecule has 0 fully saturated rings. The van der Waals surface area contributed by atoms with Crippen LogP contribution in [0, 0.1) is 12.3 Å². The number of aliphatic hydroxyl groups excluding tert-OH is 1. The van der Waals surface area contributed by atoms with Gasteiger partial charge in [-0.25, -0.2) is 0 Å². The van der Waals surface area contributed by atoms with Crippen LogP contribution in [0.15, 0.2) is 18.2 Å². The summed E-state index contributed by atoms with van der Waals surface area (Å²) < 4.78 is 5.51. The number of aryl methyl sites for hydroxylation is 1. The Morgan fingerprint density at radius 1 is 1.43 bits per heavy atom. The minimum atomic E-state index is -0.197. The summed E-state index contributed by atoms with van der Waals surface area (Å²) in [6.07, 6.45) is 0.523. The number of carbonyl (C=O) groups is 1. The Morgan fingerprint density at radius 2 is 2.10 bits per heavy atom. The summed E-state index contributed by atoms with van der Waals surface area (Å²) in [5.41, 5.74) is 0.771. The zero-order valence-corrected chi connectivity index (χ0v) is 13.8. The van der Waals surface area contributed by atoms with Crippen LogP contribution in [0.4, 0.5) is 0 Å². The van der Waals surface area contributed by atoms with Crippen molar-refractivity contribution in [3.8, 4) is 5.75 Å². The van der Waals surface area contributed by atoms with E-state index in [0.717, 1.165) is 5.56 Å². The maximum absolute atomic E-state index is 12.0. The molecule has 21 heavy (non-hydrogen) atoms. The van der Waals surface area contributed by atoms with E-state index in [1.54, 1.807) is 18.2 Å². The Hall–Kier alpha value is -1.26. The standard InChI is InChI=1S/C16H24ClNO3/c1-11-9-12(17)5-6-13(11)21-10-15(20)18-14(7-8-19)16(2,3)4/h5-6,9,14,19H,7-8,10H2,1-4H3,(H,18,20). The molecule has 1 aromatic carbocycles. The summed E-state index contributed by atoms with van der Waals surface area (Å²) >= 11 is 5.87. The fraction of sp³-hybridized carbons (Fsp3) is 0.562. The van der Waals surface area contributed by atoms with E-state index in [1.165, 1.54) is 0 Å². The maximum Gasteiger partial charge on any atom is 0.258 e. The molecule has 1 atom stereocenters. The van der Waals surface area contributed by atoms with Gasteiger partial charge in [0.25, 0.3) is 5.91 Å². The van der Waals surface area contributed by atoms with Crippen LogP contribution in [-0.2, 0) is 4.79 Å². The average molecular weight is 314 g/mol. The van der Waals surface area contributed by atoms with E-state index >= 15 is 0 Å². The fourth-order valence-electron chi connectivity index (χ4n) is 2.00. The van der Waals surface area contributed by atoms with E-state index < -0.39 is 0 Å². The van der Waals surface area contributed by atoms with Crippen LogP contribution in [0.3, 0.4) is 0 Å². The number of hydrogen-bond acceptors (Lipinski definition) is 3. The summed E-state index contributed by atoms with van der Waals surface area (Å²) in [7, 11) is 0. The van der Waals surface area contributed by atoms with Crippen LogP contribution in [0.25, 0.3) is 0 Å². The third-order valence-electron chi connectivity index (χ3n) is 3.29. The number of amides is 1. The van der Waals surface area contributed by atoms with Gasteiger partial charge in [0.2, 0.25) is 0 Å². The van der Waals surface area contributed by atoms with Gasteiger partial charge in [0, 0.05) is 17.7 Å². The quantitative estimate of drug-likeness (QED) is 0.849. The van der Waals surface area contributed by atoms with Crippen LogP contribution in [-0.4, -0.2) is 30.3 Å². The van der Waals surface area contributed by atoms with Gasteiger partial charge in [0.15, 0.2) is 6.61 Å². The topological polar surface area (TPSA) is 58.6 Å². The molecular formula is C16H24ClNO3. The summed E-state index contributed by atoms with van der Waals surface area (Å²) in [5.74, 6) is 0.446. The van der Waals surface area contributed by atoms with Crippen molar-refractivity contribution in [1.82, 2.24) is 5.32 Å². The summed E-state index contributed by atoms with van der Waals surface area (Å²) in [4.78, 5) is 12.0. The zero-order chi connectivity index (χ0) is 16.0. The molecule has 0 radical (unpaired) electrons. The molecule has 2 N–H and O–H groups in total. The van der Waals surface area contributed by atoms with Gasteiger partial charge in [-0.2, -0.15) is 0 Å². The van der Waals surface area contributed by atoms with Gasteiger partial charge >= 0.3 is 0 Å². The minimum Gasteiger partial charge on any atom is -0.484 e. The van der Waals surface area contributed by atoms with Gasteiger partial charge in [0.1, 0.15) is 5.75 Å². The summed E-state index contributed by atoms with van der Waals surface area (Å²) in [6, 6.07) is 5.18. The second-order valence-corrected chi connectivity index (χ2v) is 6.63. The van der Waals surface area contributed by atoms with Gasteiger partial charge in [-0.15, -0.1) is 0 Å². The Labute approximate surface area is 131 Å². The van der Waals surface area contributed by atoms with Crippen LogP contribution in [0.2, 0.25) is 5.02 Å². The van der Waals surface area contributed by atoms with E-state index in [1.807, 2.05) is 27.7 Å². The van der Waals surface area contributed by atoms with Crippen molar-refractivity contribution in [3.05, 3.63) is 28.8 Å². The van der Waals surface area contributed by atoms with E-state index in [9.17, 15) is 4.79 Å². The van der Waals surface area contributed by atoms with Gasteiger partial charge in [-0.1, -0.05) is 32.4 Å². The molecule has 0 spiro atoms. The van der Waals surface area contributed by atoms with E-state index in [0.29, 0.717) is 17.2 Å². The molecule has 0 aromatic heterocycles. The zero-order valence-electron chi connectivity index (χ0n) is 13.1. The van der Waals surface area contributed by atoms with Crippen molar-refractivity contribution in [2.75, 3.05) is 13.2 Å². The van der Waals surface area contributed by atoms with Crippen molar-refractivity contribution >= 4 is 17.5 Å².